The zero-order valence-corrected chi connectivity index (χ0v) is 15.6. The van der Waals surface area contributed by atoms with E-state index in [1.165, 1.54) is 12.0 Å². The first kappa shape index (κ1) is 17.3. The van der Waals surface area contributed by atoms with Gasteiger partial charge in [-0.1, -0.05) is 37.3 Å². The molecule has 26 heavy (non-hydrogen) atoms. The molecular weight excluding hydrogens is 324 g/mol. The lowest BCUT2D eigenvalue weighted by Crippen LogP contribution is -2.44. The van der Waals surface area contributed by atoms with E-state index in [1.807, 2.05) is 27.8 Å². The number of amides is 1. The van der Waals surface area contributed by atoms with Crippen molar-refractivity contribution in [1.29, 1.82) is 0 Å². The summed E-state index contributed by atoms with van der Waals surface area (Å²) in [5.74, 6) is 0.155. The van der Waals surface area contributed by atoms with Gasteiger partial charge in [0, 0.05) is 19.6 Å². The molecule has 0 atom stereocenters. The molecular formula is C21H28N4O. The molecule has 2 fully saturated rings. The summed E-state index contributed by atoms with van der Waals surface area (Å²) < 4.78 is 1.98. The quantitative estimate of drug-likeness (QED) is 0.920. The number of rotatable bonds is 4. The molecule has 2 aliphatic heterocycles. The molecule has 5 heteroatoms. The van der Waals surface area contributed by atoms with Gasteiger partial charge in [-0.25, -0.2) is 0 Å². The summed E-state index contributed by atoms with van der Waals surface area (Å²) in [6.07, 6.45) is 6.07. The first-order chi connectivity index (χ1) is 12.7. The van der Waals surface area contributed by atoms with Crippen molar-refractivity contribution in [2.24, 2.45) is 5.41 Å². The Morgan fingerprint density at radius 3 is 2.62 bits per heavy atom. The number of hydrogen-bond acceptors (Lipinski definition) is 3. The summed E-state index contributed by atoms with van der Waals surface area (Å²) >= 11 is 0. The number of nitrogens with zero attached hydrogens (tertiary/aromatic N) is 3. The number of carbonyl (C=O) groups excluding carboxylic acids is 1. The monoisotopic (exact) mass is 352 g/mol. The topological polar surface area (TPSA) is 50.2 Å². The maximum Gasteiger partial charge on any atom is 0.257 e. The fourth-order valence-electron chi connectivity index (χ4n) is 4.43. The van der Waals surface area contributed by atoms with Crippen LogP contribution in [0.2, 0.25) is 0 Å². The molecule has 1 amide bonds. The Morgan fingerprint density at radius 2 is 1.96 bits per heavy atom. The molecule has 4 rings (SSSR count). The highest BCUT2D eigenvalue weighted by molar-refractivity contribution is 5.95. The Labute approximate surface area is 155 Å². The van der Waals surface area contributed by atoms with Crippen molar-refractivity contribution in [2.45, 2.75) is 39.2 Å². The van der Waals surface area contributed by atoms with Crippen LogP contribution in [0.15, 0.2) is 36.5 Å². The average Bonchev–Trinajstić information content (AvgIpc) is 3.30. The van der Waals surface area contributed by atoms with Crippen LogP contribution >= 0.6 is 0 Å². The van der Waals surface area contributed by atoms with E-state index in [4.69, 9.17) is 0 Å². The van der Waals surface area contributed by atoms with Crippen LogP contribution in [-0.4, -0.2) is 46.8 Å². The van der Waals surface area contributed by atoms with E-state index in [9.17, 15) is 4.79 Å². The van der Waals surface area contributed by atoms with Crippen LogP contribution in [0.4, 0.5) is 0 Å². The van der Waals surface area contributed by atoms with Crippen molar-refractivity contribution in [3.63, 3.8) is 0 Å². The summed E-state index contributed by atoms with van der Waals surface area (Å²) in [6.45, 7) is 6.79. The van der Waals surface area contributed by atoms with Gasteiger partial charge in [0.2, 0.25) is 0 Å². The third-order valence-electron chi connectivity index (χ3n) is 6.13. The second-order valence-corrected chi connectivity index (χ2v) is 7.72. The van der Waals surface area contributed by atoms with Gasteiger partial charge in [-0.15, -0.1) is 0 Å². The lowest BCUT2D eigenvalue weighted by molar-refractivity contribution is 0.0606. The van der Waals surface area contributed by atoms with Crippen LogP contribution in [0.3, 0.4) is 0 Å². The maximum atomic E-state index is 13.1. The normalized spacial score (nSPS) is 19.2. The minimum Gasteiger partial charge on any atom is -0.338 e. The van der Waals surface area contributed by atoms with Gasteiger partial charge in [0.05, 0.1) is 24.0 Å². The number of nitrogens with one attached hydrogen (secondary N) is 1. The molecule has 138 valence electrons. The third kappa shape index (κ3) is 3.28. The Hall–Kier alpha value is -2.14. The van der Waals surface area contributed by atoms with Gasteiger partial charge in [0.1, 0.15) is 0 Å². The number of benzene rings is 1. The van der Waals surface area contributed by atoms with Crippen molar-refractivity contribution in [2.75, 3.05) is 26.2 Å². The van der Waals surface area contributed by atoms with E-state index >= 15 is 0 Å². The molecule has 2 aliphatic rings. The number of aromatic nitrogens is 2. The number of carbonyl (C=O) groups is 1. The summed E-state index contributed by atoms with van der Waals surface area (Å²) in [7, 11) is 0. The molecule has 1 N–H and O–H groups in total. The van der Waals surface area contributed by atoms with Crippen LogP contribution in [0.25, 0.3) is 0 Å². The molecule has 0 bridgehead atoms. The minimum atomic E-state index is 0.155. The molecule has 2 aromatic rings. The number of hydrogen-bond donors (Lipinski definition) is 1. The van der Waals surface area contributed by atoms with Gasteiger partial charge in [-0.2, -0.15) is 5.10 Å². The lowest BCUT2D eigenvalue weighted by Gasteiger charge is -2.38. The van der Waals surface area contributed by atoms with Crippen LogP contribution in [0.5, 0.6) is 0 Å². The predicted octanol–water partition coefficient (Wildman–Crippen LogP) is 2.71. The molecule has 0 aliphatic carbocycles. The molecule has 1 aromatic heterocycles. The average molecular weight is 352 g/mol. The predicted molar refractivity (Wildman–Crippen MR) is 102 cm³/mol. The van der Waals surface area contributed by atoms with Gasteiger partial charge < -0.3 is 10.2 Å². The molecule has 0 radical (unpaired) electrons. The van der Waals surface area contributed by atoms with Crippen LogP contribution < -0.4 is 5.32 Å². The molecule has 0 saturated carbocycles. The van der Waals surface area contributed by atoms with Crippen molar-refractivity contribution >= 4 is 5.91 Å². The number of piperidine rings is 1. The summed E-state index contributed by atoms with van der Waals surface area (Å²) in [5, 5.41) is 8.01. The molecule has 3 heterocycles. The van der Waals surface area contributed by atoms with E-state index in [1.54, 1.807) is 6.20 Å². The summed E-state index contributed by atoms with van der Waals surface area (Å²) in [4.78, 5) is 15.1. The van der Waals surface area contributed by atoms with Gasteiger partial charge in [-0.05, 0) is 43.2 Å². The first-order valence-corrected chi connectivity index (χ1v) is 9.79. The highest BCUT2D eigenvalue weighted by atomic mass is 16.2. The highest BCUT2D eigenvalue weighted by Crippen LogP contribution is 2.37. The minimum absolute atomic E-state index is 0.155. The molecule has 5 nitrogen and oxygen atoms in total. The Kier molecular flexibility index (Phi) is 4.81. The molecule has 1 spiro atoms. The van der Waals surface area contributed by atoms with Crippen LogP contribution in [0, 0.1) is 5.41 Å². The van der Waals surface area contributed by atoms with Crippen LogP contribution in [0.1, 0.15) is 47.8 Å². The maximum absolute atomic E-state index is 13.1. The summed E-state index contributed by atoms with van der Waals surface area (Å²) in [5.41, 5.74) is 3.46. The van der Waals surface area contributed by atoms with Crippen molar-refractivity contribution in [3.8, 4) is 0 Å². The van der Waals surface area contributed by atoms with E-state index in [0.717, 1.165) is 56.7 Å². The zero-order chi connectivity index (χ0) is 18.0. The van der Waals surface area contributed by atoms with E-state index < -0.39 is 0 Å². The second kappa shape index (κ2) is 7.23. The van der Waals surface area contributed by atoms with E-state index in [2.05, 4.69) is 29.5 Å². The lowest BCUT2D eigenvalue weighted by atomic mass is 9.78. The Balaban J connectivity index is 1.48. The van der Waals surface area contributed by atoms with Gasteiger partial charge in [0.25, 0.3) is 5.91 Å². The zero-order valence-electron chi connectivity index (χ0n) is 15.6. The van der Waals surface area contributed by atoms with Crippen molar-refractivity contribution in [3.05, 3.63) is 53.3 Å². The van der Waals surface area contributed by atoms with Gasteiger partial charge in [-0.3, -0.25) is 9.48 Å². The van der Waals surface area contributed by atoms with Crippen molar-refractivity contribution < 1.29 is 4.79 Å². The summed E-state index contributed by atoms with van der Waals surface area (Å²) in [6, 6.07) is 10.3. The highest BCUT2D eigenvalue weighted by Gasteiger charge is 2.38. The van der Waals surface area contributed by atoms with E-state index in [0.29, 0.717) is 12.0 Å². The fourth-order valence-corrected chi connectivity index (χ4v) is 4.43. The smallest absolute Gasteiger partial charge is 0.257 e. The van der Waals surface area contributed by atoms with Gasteiger partial charge >= 0.3 is 0 Å². The molecule has 0 unspecified atom stereocenters. The molecule has 1 aromatic carbocycles. The third-order valence-corrected chi connectivity index (χ3v) is 6.13. The first-order valence-electron chi connectivity index (χ1n) is 9.79. The largest absolute Gasteiger partial charge is 0.338 e. The SMILES string of the molecule is CCc1c(C(=O)N2CCC3(CCNC3)CC2)cnn1Cc1ccccc1. The fraction of sp³-hybridized carbons (Fsp3) is 0.524. The Bertz CT molecular complexity index is 752. The van der Waals surface area contributed by atoms with Gasteiger partial charge in [0.15, 0.2) is 0 Å². The molecule has 2 saturated heterocycles. The number of likely N-dealkylation sites (tertiary alicyclic amines) is 1. The Morgan fingerprint density at radius 1 is 1.19 bits per heavy atom. The van der Waals surface area contributed by atoms with Crippen molar-refractivity contribution in [1.82, 2.24) is 20.0 Å². The second-order valence-electron chi connectivity index (χ2n) is 7.72. The van der Waals surface area contributed by atoms with Crippen LogP contribution in [-0.2, 0) is 13.0 Å². The standard InChI is InChI=1S/C21H28N4O/c1-2-19-18(14-23-25(19)15-17-6-4-3-5-7-17)20(26)24-12-9-21(10-13-24)8-11-22-16-21/h3-7,14,22H,2,8-13,15-16H2,1H3. The van der Waals surface area contributed by atoms with E-state index in [-0.39, 0.29) is 5.91 Å².